The maximum Gasteiger partial charge on any atom is 0.337 e. The maximum atomic E-state index is 13.2. The van der Waals surface area contributed by atoms with Crippen molar-refractivity contribution in [3.8, 4) is 6.07 Å². The molecule has 0 aromatic heterocycles. The number of halogens is 1. The topological polar surface area (TPSA) is 88.4 Å². The first-order valence-electron chi connectivity index (χ1n) is 10.8. The third-order valence-electron chi connectivity index (χ3n) is 5.27. The fourth-order valence-corrected chi connectivity index (χ4v) is 3.87. The Bertz CT molecular complexity index is 1180. The molecule has 1 atom stereocenters. The van der Waals surface area contributed by atoms with Crippen molar-refractivity contribution in [1.29, 1.82) is 5.26 Å². The highest BCUT2D eigenvalue weighted by Crippen LogP contribution is 2.39. The second-order valence-electron chi connectivity index (χ2n) is 7.64. The van der Waals surface area contributed by atoms with Crippen LogP contribution in [0, 0.1) is 11.3 Å². The lowest BCUT2D eigenvalue weighted by Gasteiger charge is -2.30. The van der Waals surface area contributed by atoms with Crippen LogP contribution in [0.2, 0.25) is 5.02 Å². The summed E-state index contributed by atoms with van der Waals surface area (Å²) in [6, 6.07) is 18.6. The van der Waals surface area contributed by atoms with Gasteiger partial charge in [-0.15, -0.1) is 0 Å². The molecule has 0 saturated heterocycles. The molecule has 1 N–H and O–H groups in total. The molecular weight excluding hydrogens is 452 g/mol. The molecule has 3 rings (SSSR count). The number of allylic oxidation sites excluding steroid dienone is 2. The van der Waals surface area contributed by atoms with Crippen LogP contribution in [0.3, 0.4) is 0 Å². The van der Waals surface area contributed by atoms with Gasteiger partial charge in [-0.1, -0.05) is 60.1 Å². The van der Waals surface area contributed by atoms with Gasteiger partial charge in [-0.3, -0.25) is 0 Å². The van der Waals surface area contributed by atoms with Gasteiger partial charge in [0, 0.05) is 16.4 Å². The fourth-order valence-electron chi connectivity index (χ4n) is 3.74. The van der Waals surface area contributed by atoms with Crippen LogP contribution in [0.1, 0.15) is 37.3 Å². The summed E-state index contributed by atoms with van der Waals surface area (Å²) in [6.07, 6.45) is 3.70. The zero-order valence-electron chi connectivity index (χ0n) is 19.0. The Morgan fingerprint density at radius 3 is 2.24 bits per heavy atom. The van der Waals surface area contributed by atoms with E-state index in [2.05, 4.69) is 5.32 Å². The first kappa shape index (κ1) is 24.8. The van der Waals surface area contributed by atoms with E-state index in [1.165, 1.54) is 0 Å². The summed E-state index contributed by atoms with van der Waals surface area (Å²) in [5.74, 6) is -1.85. The summed E-state index contributed by atoms with van der Waals surface area (Å²) in [4.78, 5) is 26.2. The van der Waals surface area contributed by atoms with Crippen LogP contribution < -0.4 is 5.32 Å². The summed E-state index contributed by atoms with van der Waals surface area (Å²) in [5.41, 5.74) is 3.45. The lowest BCUT2D eigenvalue weighted by molar-refractivity contribution is -0.139. The monoisotopic (exact) mass is 476 g/mol. The standard InChI is InChI=1S/C27H25ClN2O4/c1-18-23(26(31)33-16-6-10-20-8-4-3-5-9-20)25(21-11-13-22(28)14-12-21)24(19(2)30-18)27(32)34-17-7-15-29/h3-6,8-14,25,30H,7,16-17H2,1-2H3. The highest BCUT2D eigenvalue weighted by molar-refractivity contribution is 6.30. The first-order chi connectivity index (χ1) is 16.4. The van der Waals surface area contributed by atoms with Gasteiger partial charge in [-0.2, -0.15) is 5.26 Å². The molecule has 0 amide bonds. The third-order valence-corrected chi connectivity index (χ3v) is 5.52. The van der Waals surface area contributed by atoms with E-state index in [9.17, 15) is 9.59 Å². The number of benzene rings is 2. The number of esters is 2. The Morgan fingerprint density at radius 2 is 1.62 bits per heavy atom. The molecule has 0 radical (unpaired) electrons. The van der Waals surface area contributed by atoms with Gasteiger partial charge < -0.3 is 14.8 Å². The highest BCUT2D eigenvalue weighted by atomic mass is 35.5. The quantitative estimate of drug-likeness (QED) is 0.411. The van der Waals surface area contributed by atoms with E-state index in [1.807, 2.05) is 42.5 Å². The van der Waals surface area contributed by atoms with Crippen molar-refractivity contribution in [1.82, 2.24) is 5.32 Å². The van der Waals surface area contributed by atoms with Crippen molar-refractivity contribution in [2.45, 2.75) is 26.2 Å². The van der Waals surface area contributed by atoms with Crippen LogP contribution in [0.5, 0.6) is 0 Å². The van der Waals surface area contributed by atoms with E-state index in [0.29, 0.717) is 27.6 Å². The Balaban J connectivity index is 1.88. The van der Waals surface area contributed by atoms with Gasteiger partial charge in [0.25, 0.3) is 0 Å². The third kappa shape index (κ3) is 6.15. The molecule has 2 aromatic rings. The summed E-state index contributed by atoms with van der Waals surface area (Å²) < 4.78 is 10.9. The second-order valence-corrected chi connectivity index (χ2v) is 8.08. The Hall–Kier alpha value is -3.82. The second kappa shape index (κ2) is 11.9. The average molecular weight is 477 g/mol. The van der Waals surface area contributed by atoms with Crippen molar-refractivity contribution < 1.29 is 19.1 Å². The molecule has 1 heterocycles. The molecule has 0 aliphatic carbocycles. The highest BCUT2D eigenvalue weighted by Gasteiger charge is 2.37. The molecule has 34 heavy (non-hydrogen) atoms. The maximum absolute atomic E-state index is 13.2. The van der Waals surface area contributed by atoms with Crippen LogP contribution in [0.15, 0.2) is 83.2 Å². The van der Waals surface area contributed by atoms with E-state index >= 15 is 0 Å². The van der Waals surface area contributed by atoms with E-state index in [1.54, 1.807) is 44.2 Å². The van der Waals surface area contributed by atoms with Crippen molar-refractivity contribution in [3.63, 3.8) is 0 Å². The minimum Gasteiger partial charge on any atom is -0.461 e. The molecule has 174 valence electrons. The summed E-state index contributed by atoms with van der Waals surface area (Å²) in [5, 5.41) is 12.4. The van der Waals surface area contributed by atoms with Crippen LogP contribution in [0.4, 0.5) is 0 Å². The average Bonchev–Trinajstić information content (AvgIpc) is 2.82. The minimum absolute atomic E-state index is 0.0355. The van der Waals surface area contributed by atoms with Gasteiger partial charge >= 0.3 is 11.9 Å². The van der Waals surface area contributed by atoms with Gasteiger partial charge in [0.1, 0.15) is 13.2 Å². The van der Waals surface area contributed by atoms with Gasteiger partial charge in [0.15, 0.2) is 0 Å². The van der Waals surface area contributed by atoms with Crippen molar-refractivity contribution in [2.75, 3.05) is 13.2 Å². The SMILES string of the molecule is CC1=C(C(=O)OCC=Cc2ccccc2)C(c2ccc(Cl)cc2)C(C(=O)OCCC#N)=C(C)N1. The number of nitriles is 1. The number of nitrogens with zero attached hydrogens (tertiary/aromatic N) is 1. The fraction of sp³-hybridized carbons (Fsp3) is 0.222. The smallest absolute Gasteiger partial charge is 0.337 e. The first-order valence-corrected chi connectivity index (χ1v) is 11.2. The lowest BCUT2D eigenvalue weighted by Crippen LogP contribution is -2.32. The van der Waals surface area contributed by atoms with Gasteiger partial charge in [0.05, 0.1) is 29.6 Å². The normalized spacial score (nSPS) is 15.6. The van der Waals surface area contributed by atoms with E-state index in [-0.39, 0.29) is 25.2 Å². The van der Waals surface area contributed by atoms with E-state index in [4.69, 9.17) is 26.3 Å². The van der Waals surface area contributed by atoms with Crippen LogP contribution >= 0.6 is 11.6 Å². The van der Waals surface area contributed by atoms with Crippen molar-refractivity contribution in [2.24, 2.45) is 0 Å². The van der Waals surface area contributed by atoms with Crippen molar-refractivity contribution >= 4 is 29.6 Å². The number of carbonyl (C=O) groups is 2. The zero-order chi connectivity index (χ0) is 24.5. The molecular formula is C27H25ClN2O4. The predicted molar refractivity (Wildman–Crippen MR) is 130 cm³/mol. The van der Waals surface area contributed by atoms with Crippen LogP contribution in [-0.2, 0) is 19.1 Å². The molecule has 6 nitrogen and oxygen atoms in total. The Kier molecular flexibility index (Phi) is 8.66. The molecule has 0 fully saturated rings. The summed E-state index contributed by atoms with van der Waals surface area (Å²) in [6.45, 7) is 3.55. The van der Waals surface area contributed by atoms with Crippen LogP contribution in [0.25, 0.3) is 6.08 Å². The van der Waals surface area contributed by atoms with Gasteiger partial charge in [-0.25, -0.2) is 9.59 Å². The molecule has 7 heteroatoms. The van der Waals surface area contributed by atoms with E-state index in [0.717, 1.165) is 5.56 Å². The molecule has 1 aliphatic rings. The van der Waals surface area contributed by atoms with E-state index < -0.39 is 17.9 Å². The molecule has 1 unspecified atom stereocenters. The number of hydrogen-bond acceptors (Lipinski definition) is 6. The zero-order valence-corrected chi connectivity index (χ0v) is 19.8. The van der Waals surface area contributed by atoms with Crippen molar-refractivity contribution in [3.05, 3.63) is 99.4 Å². The number of ether oxygens (including phenoxy) is 2. The molecule has 0 spiro atoms. The lowest BCUT2D eigenvalue weighted by atomic mass is 9.80. The molecule has 1 aliphatic heterocycles. The Labute approximate surface area is 204 Å². The number of carbonyl (C=O) groups excluding carboxylic acids is 2. The summed E-state index contributed by atoms with van der Waals surface area (Å²) in [7, 11) is 0. The minimum atomic E-state index is -0.710. The molecule has 0 bridgehead atoms. The summed E-state index contributed by atoms with van der Waals surface area (Å²) >= 11 is 6.07. The largest absolute Gasteiger partial charge is 0.461 e. The van der Waals surface area contributed by atoms with Crippen LogP contribution in [-0.4, -0.2) is 25.2 Å². The number of hydrogen-bond donors (Lipinski definition) is 1. The number of nitrogens with one attached hydrogen (secondary N) is 1. The Morgan fingerprint density at radius 1 is 1.00 bits per heavy atom. The van der Waals surface area contributed by atoms with Gasteiger partial charge in [0.2, 0.25) is 0 Å². The molecule has 0 saturated carbocycles. The van der Waals surface area contributed by atoms with Gasteiger partial charge in [-0.05, 0) is 43.2 Å². The number of dihydropyridines is 1. The predicted octanol–water partition coefficient (Wildman–Crippen LogP) is 5.29. The number of rotatable bonds is 8. The molecule has 2 aromatic carbocycles.